The fourth-order valence-corrected chi connectivity index (χ4v) is 0. The van der Waals surface area contributed by atoms with Gasteiger partial charge in [0.05, 0.1) is 0 Å². The van der Waals surface area contributed by atoms with E-state index in [1.54, 1.807) is 0 Å². The van der Waals surface area contributed by atoms with Crippen molar-refractivity contribution < 1.29 is 52.6 Å². The summed E-state index contributed by atoms with van der Waals surface area (Å²) in [6.07, 6.45) is 0. The molecule has 0 aliphatic rings. The summed E-state index contributed by atoms with van der Waals surface area (Å²) >= 11 is -5.12. The van der Waals surface area contributed by atoms with Crippen molar-refractivity contribution >= 4 is 23.1 Å². The second kappa shape index (κ2) is 5.54. The van der Waals surface area contributed by atoms with Crippen LogP contribution in [0.4, 0.5) is 0 Å². The first-order chi connectivity index (χ1) is 2.00. The van der Waals surface area contributed by atoms with E-state index in [-0.39, 0.29) is 46.2 Å². The molecule has 0 aliphatic carbocycles. The van der Waals surface area contributed by atoms with E-state index in [1.807, 2.05) is 0 Å². The van der Waals surface area contributed by atoms with Crippen LogP contribution in [-0.4, -0.2) is 31.4 Å². The van der Waals surface area contributed by atoms with Gasteiger partial charge in [-0.25, -0.2) is 0 Å². The Hall–Kier alpha value is 1.40. The van der Waals surface area contributed by atoms with Gasteiger partial charge in [0.15, 0.2) is 0 Å². The average molecular weight is 155 g/mol. The van der Waals surface area contributed by atoms with Gasteiger partial charge in [0.1, 0.15) is 0 Å². The van der Waals surface area contributed by atoms with Gasteiger partial charge >= 0.3 is 71.3 Å². The number of hydrogen-bond donors (Lipinski definition) is 2. The topological polar surface area (TPSA) is 74.6 Å². The van der Waals surface area contributed by atoms with Crippen LogP contribution in [0.5, 0.6) is 0 Å². The summed E-state index contributed by atoms with van der Waals surface area (Å²) in [4.78, 5) is 0. The first-order valence-corrected chi connectivity index (χ1v) is 2.67. The molecule has 0 bridgehead atoms. The molecule has 0 rings (SSSR count). The van der Waals surface area contributed by atoms with Crippen LogP contribution in [0, 0.1) is 0 Å². The molecule has 4 nitrogen and oxygen atoms in total. The molecule has 0 radical (unpaired) electrons. The number of rotatable bonds is 0. The molecular weight excluding hydrogens is 150 g/mol. The van der Waals surface area contributed by atoms with Gasteiger partial charge in [0.2, 0.25) is 0 Å². The monoisotopic (exact) mass is 155 g/mol. The molecule has 0 saturated heterocycles. The summed E-state index contributed by atoms with van der Waals surface area (Å²) in [5.74, 6) is 0. The third-order valence-electron chi connectivity index (χ3n) is 0. The van der Waals surface area contributed by atoms with E-state index >= 15 is 0 Å². The van der Waals surface area contributed by atoms with Crippen molar-refractivity contribution in [3.8, 4) is 0 Å². The summed E-state index contributed by atoms with van der Waals surface area (Å²) in [6.45, 7) is 0. The van der Waals surface area contributed by atoms with Gasteiger partial charge in [-0.05, 0) is 0 Å². The molecule has 0 heterocycles. The van der Waals surface area contributed by atoms with E-state index in [0.717, 1.165) is 0 Å². The first kappa shape index (κ1) is 15.8. The Balaban J connectivity index is -0.00000000800. The fourth-order valence-electron chi connectivity index (χ4n) is 0. The third kappa shape index (κ3) is 110. The molecule has 0 aromatic heterocycles. The Kier molecular flexibility index (Phi) is 12.5. The van der Waals surface area contributed by atoms with Crippen molar-refractivity contribution in [1.29, 1.82) is 0 Å². The standard InChI is InChI=1S/Li.Mg.Mn.2H2O.2O.3H/h;;;2*1H2;;;;;/q+1;2*+2;;;;;3*-1/p-2. The molecular formula is H5LiMgMnO4. The van der Waals surface area contributed by atoms with Crippen molar-refractivity contribution in [2.45, 2.75) is 0 Å². The summed E-state index contributed by atoms with van der Waals surface area (Å²) in [5, 5.41) is 0. The second-order valence-electron chi connectivity index (χ2n) is 0.415. The van der Waals surface area contributed by atoms with E-state index < -0.39 is 13.4 Å². The summed E-state index contributed by atoms with van der Waals surface area (Å²) < 4.78 is 31.8. The Labute approximate surface area is 75.4 Å². The van der Waals surface area contributed by atoms with Crippen LogP contribution in [0.2, 0.25) is 0 Å². The predicted octanol–water partition coefficient (Wildman–Crippen LogP) is -4.39. The van der Waals surface area contributed by atoms with Crippen molar-refractivity contribution in [2.24, 2.45) is 0 Å². The van der Waals surface area contributed by atoms with Crippen LogP contribution in [0.15, 0.2) is 0 Å². The van der Waals surface area contributed by atoms with E-state index in [2.05, 4.69) is 0 Å². The van der Waals surface area contributed by atoms with E-state index in [1.165, 1.54) is 0 Å². The van der Waals surface area contributed by atoms with E-state index in [4.69, 9.17) is 16.0 Å². The molecule has 7 heavy (non-hydrogen) atoms. The SMILES string of the molecule is [H-].[H-].[H-].[Li+].[Mg+2].[O]=[Mn](=[O])([OH])[OH]. The van der Waals surface area contributed by atoms with Gasteiger partial charge in [-0.1, -0.05) is 0 Å². The zero-order chi connectivity index (χ0) is 4.50. The average Bonchev–Trinajstić information content (AvgIpc) is 0.722. The maximum atomic E-state index is 8.80. The fraction of sp³-hybridized carbons (Fsp3) is 0. The van der Waals surface area contributed by atoms with Crippen LogP contribution >= 0.6 is 0 Å². The molecule has 0 aliphatic heterocycles. The van der Waals surface area contributed by atoms with Crippen molar-refractivity contribution in [3.05, 3.63) is 0 Å². The molecule has 0 unspecified atom stereocenters. The van der Waals surface area contributed by atoms with Crippen LogP contribution in [0.3, 0.4) is 0 Å². The van der Waals surface area contributed by atoms with Gasteiger partial charge in [0, 0.05) is 0 Å². The molecule has 0 fully saturated rings. The van der Waals surface area contributed by atoms with Gasteiger partial charge < -0.3 is 4.28 Å². The van der Waals surface area contributed by atoms with E-state index in [9.17, 15) is 0 Å². The zero-order valence-electron chi connectivity index (χ0n) is 6.80. The van der Waals surface area contributed by atoms with Gasteiger partial charge in [-0.15, -0.1) is 0 Å². The molecule has 0 aromatic carbocycles. The Morgan fingerprint density at radius 1 is 1.29 bits per heavy atom. The van der Waals surface area contributed by atoms with Gasteiger partial charge in [-0.2, -0.15) is 0 Å². The van der Waals surface area contributed by atoms with Crippen LogP contribution < -0.4 is 18.9 Å². The summed E-state index contributed by atoms with van der Waals surface area (Å²) in [5.41, 5.74) is 0. The molecule has 2 N–H and O–H groups in total. The molecule has 0 aromatic rings. The predicted molar refractivity (Wildman–Crippen MR) is 14.9 cm³/mol. The van der Waals surface area contributed by atoms with E-state index in [0.29, 0.717) is 0 Å². The van der Waals surface area contributed by atoms with Gasteiger partial charge in [0.25, 0.3) is 0 Å². The van der Waals surface area contributed by atoms with Crippen molar-refractivity contribution in [3.63, 3.8) is 0 Å². The van der Waals surface area contributed by atoms with Crippen molar-refractivity contribution in [1.82, 2.24) is 0 Å². The normalized spacial score (nSPS) is 8.29. The van der Waals surface area contributed by atoms with Crippen LogP contribution in [0.1, 0.15) is 4.28 Å². The Morgan fingerprint density at radius 2 is 1.29 bits per heavy atom. The zero-order valence-corrected chi connectivity index (χ0v) is 6.39. The van der Waals surface area contributed by atoms with Crippen molar-refractivity contribution in [2.75, 3.05) is 0 Å². The summed E-state index contributed by atoms with van der Waals surface area (Å²) in [7, 11) is 0. The second-order valence-corrected chi connectivity index (χ2v) is 1.71. The Morgan fingerprint density at radius 3 is 1.29 bits per heavy atom. The molecule has 0 atom stereocenters. The van der Waals surface area contributed by atoms with Crippen LogP contribution in [-0.2, 0) is 21.0 Å². The molecule has 0 amide bonds. The molecule has 39 valence electrons. The third-order valence-corrected chi connectivity index (χ3v) is 0. The minimum absolute atomic E-state index is 0. The molecule has 7 heteroatoms. The Bertz CT molecular complexity index is 104. The summed E-state index contributed by atoms with van der Waals surface area (Å²) in [6, 6.07) is 0. The number of hydrogen-bond acceptors (Lipinski definition) is 2. The molecule has 0 spiro atoms. The maximum absolute atomic E-state index is 8.80. The minimum atomic E-state index is -5.12. The molecule has 0 saturated carbocycles. The van der Waals surface area contributed by atoms with Crippen LogP contribution in [0.25, 0.3) is 0 Å². The van der Waals surface area contributed by atoms with Gasteiger partial charge in [-0.3, -0.25) is 0 Å². The quantitative estimate of drug-likeness (QED) is 0.346. The first-order valence-electron chi connectivity index (χ1n) is 0.647.